The van der Waals surface area contributed by atoms with Crippen LogP contribution in [0.15, 0.2) is 54.7 Å². The number of piperidine rings is 1. The smallest absolute Gasteiger partial charge is 0.223 e. The molecule has 1 N–H and O–H groups in total. The number of amides is 1. The van der Waals surface area contributed by atoms with Crippen LogP contribution in [-0.2, 0) is 4.79 Å². The summed E-state index contributed by atoms with van der Waals surface area (Å²) in [6.45, 7) is 2.19. The van der Waals surface area contributed by atoms with E-state index in [-0.39, 0.29) is 11.9 Å². The van der Waals surface area contributed by atoms with Crippen molar-refractivity contribution < 1.29 is 9.53 Å². The van der Waals surface area contributed by atoms with E-state index in [4.69, 9.17) is 4.74 Å². The number of hydrogen-bond acceptors (Lipinski definition) is 4. The Kier molecular flexibility index (Phi) is 5.66. The van der Waals surface area contributed by atoms with E-state index in [0.29, 0.717) is 13.0 Å². The van der Waals surface area contributed by atoms with Gasteiger partial charge >= 0.3 is 0 Å². The zero-order valence-corrected chi connectivity index (χ0v) is 13.7. The topological polar surface area (TPSA) is 54.5 Å². The van der Waals surface area contributed by atoms with Gasteiger partial charge in [0.2, 0.25) is 5.91 Å². The van der Waals surface area contributed by atoms with Gasteiger partial charge in [0.25, 0.3) is 0 Å². The lowest BCUT2D eigenvalue weighted by atomic mass is 10.1. The first-order valence-electron chi connectivity index (χ1n) is 8.44. The van der Waals surface area contributed by atoms with Crippen LogP contribution in [0.4, 0.5) is 5.82 Å². The lowest BCUT2D eigenvalue weighted by molar-refractivity contribution is -0.122. The number of nitrogens with zero attached hydrogens (tertiary/aromatic N) is 2. The summed E-state index contributed by atoms with van der Waals surface area (Å²) in [5, 5.41) is 3.12. The molecule has 0 bridgehead atoms. The Morgan fingerprint density at radius 2 is 2.04 bits per heavy atom. The van der Waals surface area contributed by atoms with Crippen molar-refractivity contribution >= 4 is 11.7 Å². The number of rotatable bonds is 6. The Morgan fingerprint density at radius 3 is 2.83 bits per heavy atom. The second-order valence-electron chi connectivity index (χ2n) is 5.95. The molecule has 5 nitrogen and oxygen atoms in total. The molecule has 0 aliphatic carbocycles. The Balaban J connectivity index is 1.42. The molecule has 1 aliphatic heterocycles. The van der Waals surface area contributed by atoms with E-state index in [2.05, 4.69) is 15.2 Å². The van der Waals surface area contributed by atoms with Gasteiger partial charge in [0.1, 0.15) is 11.6 Å². The van der Waals surface area contributed by atoms with Crippen LogP contribution in [0.1, 0.15) is 19.3 Å². The van der Waals surface area contributed by atoms with E-state index in [1.165, 1.54) is 0 Å². The maximum Gasteiger partial charge on any atom is 0.223 e. The summed E-state index contributed by atoms with van der Waals surface area (Å²) in [6, 6.07) is 15.7. The van der Waals surface area contributed by atoms with Crippen LogP contribution >= 0.6 is 0 Å². The summed E-state index contributed by atoms with van der Waals surface area (Å²) in [7, 11) is 0. The average molecular weight is 325 g/mol. The molecule has 2 aromatic rings. The number of carbonyl (C=O) groups is 1. The number of ether oxygens (including phenoxy) is 1. The van der Waals surface area contributed by atoms with Crippen LogP contribution in [-0.4, -0.2) is 36.6 Å². The minimum atomic E-state index is 0.0406. The molecule has 1 aromatic carbocycles. The first-order valence-corrected chi connectivity index (χ1v) is 8.44. The number of para-hydroxylation sites is 1. The van der Waals surface area contributed by atoms with E-state index in [0.717, 1.165) is 37.5 Å². The number of aromatic nitrogens is 1. The highest BCUT2D eigenvalue weighted by atomic mass is 16.5. The van der Waals surface area contributed by atoms with Crippen LogP contribution in [0.2, 0.25) is 0 Å². The van der Waals surface area contributed by atoms with Crippen LogP contribution in [0.25, 0.3) is 0 Å². The van der Waals surface area contributed by atoms with Gasteiger partial charge in [-0.05, 0) is 37.1 Å². The molecule has 1 fully saturated rings. The molecule has 0 unspecified atom stereocenters. The molecule has 0 radical (unpaired) electrons. The molecule has 126 valence electrons. The predicted molar refractivity (Wildman–Crippen MR) is 94.2 cm³/mol. The summed E-state index contributed by atoms with van der Waals surface area (Å²) in [5.41, 5.74) is 0. The molecule has 2 heterocycles. The number of pyridine rings is 1. The number of carbonyl (C=O) groups excluding carboxylic acids is 1. The SMILES string of the molecule is O=C(CCOc1ccccc1)N[C@@H]1CCCN(c2ccccn2)C1. The van der Waals surface area contributed by atoms with E-state index in [1.807, 2.05) is 48.5 Å². The van der Waals surface area contributed by atoms with Crippen molar-refractivity contribution in [3.8, 4) is 5.75 Å². The summed E-state index contributed by atoms with van der Waals surface area (Å²) in [4.78, 5) is 18.7. The fourth-order valence-electron chi connectivity index (χ4n) is 2.92. The quantitative estimate of drug-likeness (QED) is 0.887. The van der Waals surface area contributed by atoms with Crippen LogP contribution < -0.4 is 15.0 Å². The molecule has 3 rings (SSSR count). The number of anilines is 1. The molecular weight excluding hydrogens is 302 g/mol. The second-order valence-corrected chi connectivity index (χ2v) is 5.95. The van der Waals surface area contributed by atoms with Gasteiger partial charge in [-0.25, -0.2) is 4.98 Å². The zero-order valence-electron chi connectivity index (χ0n) is 13.7. The molecule has 1 amide bonds. The lowest BCUT2D eigenvalue weighted by Gasteiger charge is -2.34. The minimum absolute atomic E-state index is 0.0406. The predicted octanol–water partition coefficient (Wildman–Crippen LogP) is 2.64. The first kappa shape index (κ1) is 16.3. The van der Waals surface area contributed by atoms with Crippen LogP contribution in [0, 0.1) is 0 Å². The zero-order chi connectivity index (χ0) is 16.6. The second kappa shape index (κ2) is 8.34. The highest BCUT2D eigenvalue weighted by molar-refractivity contribution is 5.76. The van der Waals surface area contributed by atoms with Crippen molar-refractivity contribution in [1.29, 1.82) is 0 Å². The van der Waals surface area contributed by atoms with Crippen molar-refractivity contribution in [3.05, 3.63) is 54.7 Å². The van der Waals surface area contributed by atoms with Gasteiger partial charge in [0.05, 0.1) is 13.0 Å². The Hall–Kier alpha value is -2.56. The molecule has 1 saturated heterocycles. The van der Waals surface area contributed by atoms with Crippen LogP contribution in [0.5, 0.6) is 5.75 Å². The molecule has 1 aliphatic rings. The number of nitrogens with one attached hydrogen (secondary N) is 1. The third-order valence-corrected chi connectivity index (χ3v) is 4.10. The maximum atomic E-state index is 12.1. The van der Waals surface area contributed by atoms with Gasteiger partial charge in [-0.1, -0.05) is 24.3 Å². The molecule has 1 atom stereocenters. The van der Waals surface area contributed by atoms with Crippen LogP contribution in [0.3, 0.4) is 0 Å². The Bertz CT molecular complexity index is 634. The van der Waals surface area contributed by atoms with Gasteiger partial charge in [0, 0.05) is 25.3 Å². The summed E-state index contributed by atoms with van der Waals surface area (Å²) in [5.74, 6) is 1.81. The van der Waals surface area contributed by atoms with Crippen molar-refractivity contribution in [2.75, 3.05) is 24.6 Å². The number of benzene rings is 1. The lowest BCUT2D eigenvalue weighted by Crippen LogP contribution is -2.48. The van der Waals surface area contributed by atoms with Gasteiger partial charge < -0.3 is 15.0 Å². The largest absolute Gasteiger partial charge is 0.493 e. The molecule has 5 heteroatoms. The molecule has 0 saturated carbocycles. The fraction of sp³-hybridized carbons (Fsp3) is 0.368. The third kappa shape index (κ3) is 4.72. The van der Waals surface area contributed by atoms with E-state index >= 15 is 0 Å². The van der Waals surface area contributed by atoms with E-state index < -0.39 is 0 Å². The molecule has 24 heavy (non-hydrogen) atoms. The summed E-state index contributed by atoms with van der Waals surface area (Å²) in [6.07, 6.45) is 4.24. The first-order chi connectivity index (χ1) is 11.8. The number of hydrogen-bond donors (Lipinski definition) is 1. The van der Waals surface area contributed by atoms with Crippen molar-refractivity contribution in [2.24, 2.45) is 0 Å². The molecule has 0 spiro atoms. The van der Waals surface area contributed by atoms with Crippen molar-refractivity contribution in [3.63, 3.8) is 0 Å². The maximum absolute atomic E-state index is 12.1. The van der Waals surface area contributed by atoms with Gasteiger partial charge in [-0.3, -0.25) is 4.79 Å². The highest BCUT2D eigenvalue weighted by Gasteiger charge is 2.22. The standard InChI is InChI=1S/C19H23N3O2/c23-19(11-14-24-17-8-2-1-3-9-17)21-16-7-6-13-22(15-16)18-10-4-5-12-20-18/h1-5,8-10,12,16H,6-7,11,13-15H2,(H,21,23)/t16-/m1/s1. The van der Waals surface area contributed by atoms with Gasteiger partial charge in [-0.15, -0.1) is 0 Å². The fourth-order valence-corrected chi connectivity index (χ4v) is 2.92. The van der Waals surface area contributed by atoms with Crippen molar-refractivity contribution in [1.82, 2.24) is 10.3 Å². The normalized spacial score (nSPS) is 17.3. The van der Waals surface area contributed by atoms with E-state index in [9.17, 15) is 4.79 Å². The highest BCUT2D eigenvalue weighted by Crippen LogP contribution is 2.17. The monoisotopic (exact) mass is 325 g/mol. The van der Waals surface area contributed by atoms with E-state index in [1.54, 1.807) is 6.20 Å². The van der Waals surface area contributed by atoms with Gasteiger partial charge in [0.15, 0.2) is 0 Å². The summed E-state index contributed by atoms with van der Waals surface area (Å²) >= 11 is 0. The third-order valence-electron chi connectivity index (χ3n) is 4.10. The Morgan fingerprint density at radius 1 is 1.21 bits per heavy atom. The average Bonchev–Trinajstić information content (AvgIpc) is 2.63. The van der Waals surface area contributed by atoms with Crippen molar-refractivity contribution in [2.45, 2.75) is 25.3 Å². The molecular formula is C19H23N3O2. The molecule has 1 aromatic heterocycles. The van der Waals surface area contributed by atoms with Gasteiger partial charge in [-0.2, -0.15) is 0 Å². The summed E-state index contributed by atoms with van der Waals surface area (Å²) < 4.78 is 5.58. The Labute approximate surface area is 142 Å². The minimum Gasteiger partial charge on any atom is -0.493 e.